The molecular weight excluding hydrogens is 330 g/mol. The number of aliphatic imine (C=N–C) groups is 1. The van der Waals surface area contributed by atoms with Gasteiger partial charge in [0.25, 0.3) is 0 Å². The van der Waals surface area contributed by atoms with Crippen LogP contribution in [0.25, 0.3) is 0 Å². The van der Waals surface area contributed by atoms with Crippen LogP contribution in [0.5, 0.6) is 0 Å². The van der Waals surface area contributed by atoms with Crippen LogP contribution in [0.1, 0.15) is 51.4 Å². The van der Waals surface area contributed by atoms with E-state index in [1.807, 2.05) is 14.1 Å². The maximum Gasteiger partial charge on any atom is 0.243 e. The molecule has 2 saturated carbocycles. The molecule has 7 heteroatoms. The third-order valence-corrected chi connectivity index (χ3v) is 5.58. The van der Waals surface area contributed by atoms with Crippen LogP contribution in [0.2, 0.25) is 0 Å². The molecule has 0 bridgehead atoms. The van der Waals surface area contributed by atoms with Gasteiger partial charge >= 0.3 is 0 Å². The summed E-state index contributed by atoms with van der Waals surface area (Å²) in [6, 6.07) is 0.403. The fourth-order valence-electron chi connectivity index (χ4n) is 3.95. The van der Waals surface area contributed by atoms with Gasteiger partial charge in [-0.3, -0.25) is 9.59 Å². The van der Waals surface area contributed by atoms with Crippen molar-refractivity contribution in [3.8, 4) is 0 Å². The van der Waals surface area contributed by atoms with Crippen molar-refractivity contribution in [3.63, 3.8) is 0 Å². The van der Waals surface area contributed by atoms with E-state index in [0.29, 0.717) is 18.5 Å². The van der Waals surface area contributed by atoms with Crippen LogP contribution in [-0.2, 0) is 9.59 Å². The predicted molar refractivity (Wildman–Crippen MR) is 104 cm³/mol. The quantitative estimate of drug-likeness (QED) is 0.548. The van der Waals surface area contributed by atoms with Crippen LogP contribution in [0.4, 0.5) is 0 Å². The van der Waals surface area contributed by atoms with Gasteiger partial charge in [-0.05, 0) is 25.7 Å². The first kappa shape index (κ1) is 20.5. The standard InChI is InChI=1S/C19H35N5O2/c1-23(2)16(25)13-20-18(22-15-9-5-6-10-15)21-14-19(11-7-8-12-19)17(26)24(3)4/h15H,5-14H2,1-4H3,(H2,20,21,22). The fraction of sp³-hybridized carbons (Fsp3) is 0.842. The van der Waals surface area contributed by atoms with Crippen LogP contribution in [0, 0.1) is 5.41 Å². The second-order valence-electron chi connectivity index (χ2n) is 8.12. The zero-order chi connectivity index (χ0) is 19.2. The molecule has 0 spiro atoms. The van der Waals surface area contributed by atoms with Crippen molar-refractivity contribution >= 4 is 17.8 Å². The van der Waals surface area contributed by atoms with E-state index in [0.717, 1.165) is 38.5 Å². The van der Waals surface area contributed by atoms with E-state index in [4.69, 9.17) is 0 Å². The van der Waals surface area contributed by atoms with Crippen molar-refractivity contribution in [2.45, 2.75) is 57.4 Å². The van der Waals surface area contributed by atoms with Gasteiger partial charge in [-0.2, -0.15) is 0 Å². The molecule has 7 nitrogen and oxygen atoms in total. The summed E-state index contributed by atoms with van der Waals surface area (Å²) in [5, 5.41) is 6.84. The molecule has 2 aliphatic rings. The smallest absolute Gasteiger partial charge is 0.243 e. The van der Waals surface area contributed by atoms with Gasteiger partial charge in [0, 0.05) is 40.8 Å². The molecule has 0 aromatic heterocycles. The molecule has 2 amide bonds. The topological polar surface area (TPSA) is 77.0 Å². The maximum atomic E-state index is 12.7. The Morgan fingerprint density at radius 1 is 1.00 bits per heavy atom. The number of rotatable bonds is 6. The van der Waals surface area contributed by atoms with Gasteiger partial charge in [0.1, 0.15) is 6.54 Å². The number of likely N-dealkylation sites (N-methyl/N-ethyl adjacent to an activating group) is 1. The Hall–Kier alpha value is -1.79. The average molecular weight is 366 g/mol. The first-order chi connectivity index (χ1) is 12.3. The molecule has 2 fully saturated rings. The van der Waals surface area contributed by atoms with Crippen LogP contribution in [0.15, 0.2) is 4.99 Å². The highest BCUT2D eigenvalue weighted by atomic mass is 16.2. The largest absolute Gasteiger partial charge is 0.355 e. The Morgan fingerprint density at radius 2 is 1.62 bits per heavy atom. The zero-order valence-corrected chi connectivity index (χ0v) is 16.8. The van der Waals surface area contributed by atoms with Crippen molar-refractivity contribution in [1.29, 1.82) is 0 Å². The first-order valence-corrected chi connectivity index (χ1v) is 9.81. The van der Waals surface area contributed by atoms with E-state index in [-0.39, 0.29) is 23.8 Å². The van der Waals surface area contributed by atoms with Gasteiger partial charge in [-0.25, -0.2) is 4.99 Å². The Bertz CT molecular complexity index is 518. The molecule has 0 radical (unpaired) electrons. The van der Waals surface area contributed by atoms with Gasteiger partial charge in [0.2, 0.25) is 11.8 Å². The summed E-state index contributed by atoms with van der Waals surface area (Å²) in [5.74, 6) is 0.814. The maximum absolute atomic E-state index is 12.7. The van der Waals surface area contributed by atoms with Crippen molar-refractivity contribution in [2.75, 3.05) is 41.3 Å². The summed E-state index contributed by atoms with van der Waals surface area (Å²) in [6.45, 7) is 0.683. The first-order valence-electron chi connectivity index (χ1n) is 9.81. The normalized spacial score (nSPS) is 20.1. The van der Waals surface area contributed by atoms with Crippen molar-refractivity contribution in [3.05, 3.63) is 0 Å². The monoisotopic (exact) mass is 365 g/mol. The SMILES string of the molecule is CN(C)C(=O)CN=C(NCC1(C(=O)N(C)C)CCCC1)NC1CCCC1. The number of amides is 2. The van der Waals surface area contributed by atoms with Crippen LogP contribution in [0.3, 0.4) is 0 Å². The minimum atomic E-state index is -0.354. The second kappa shape index (κ2) is 9.24. The molecule has 2 rings (SSSR count). The van der Waals surface area contributed by atoms with E-state index >= 15 is 0 Å². The van der Waals surface area contributed by atoms with E-state index in [1.165, 1.54) is 12.8 Å². The average Bonchev–Trinajstić information content (AvgIpc) is 3.28. The number of guanidine groups is 1. The molecule has 26 heavy (non-hydrogen) atoms. The van der Waals surface area contributed by atoms with Crippen molar-refractivity contribution < 1.29 is 9.59 Å². The van der Waals surface area contributed by atoms with Crippen molar-refractivity contribution in [1.82, 2.24) is 20.4 Å². The van der Waals surface area contributed by atoms with E-state index in [1.54, 1.807) is 23.9 Å². The molecule has 0 saturated heterocycles. The van der Waals surface area contributed by atoms with Gasteiger partial charge in [0.15, 0.2) is 5.96 Å². The summed E-state index contributed by atoms with van der Waals surface area (Å²) in [5.41, 5.74) is -0.354. The highest BCUT2D eigenvalue weighted by Gasteiger charge is 2.42. The molecule has 0 heterocycles. The highest BCUT2D eigenvalue weighted by molar-refractivity contribution is 5.87. The minimum Gasteiger partial charge on any atom is -0.355 e. The summed E-state index contributed by atoms with van der Waals surface area (Å²) in [4.78, 5) is 32.4. The zero-order valence-electron chi connectivity index (χ0n) is 16.8. The van der Waals surface area contributed by atoms with E-state index < -0.39 is 0 Å². The lowest BCUT2D eigenvalue weighted by Gasteiger charge is -2.32. The lowest BCUT2D eigenvalue weighted by molar-refractivity contribution is -0.138. The van der Waals surface area contributed by atoms with E-state index in [9.17, 15) is 9.59 Å². The Morgan fingerprint density at radius 3 is 2.15 bits per heavy atom. The fourth-order valence-corrected chi connectivity index (χ4v) is 3.95. The molecule has 0 unspecified atom stereocenters. The Balaban J connectivity index is 2.05. The summed E-state index contributed by atoms with van der Waals surface area (Å²) < 4.78 is 0. The number of hydrogen-bond donors (Lipinski definition) is 2. The second-order valence-corrected chi connectivity index (χ2v) is 8.12. The highest BCUT2D eigenvalue weighted by Crippen LogP contribution is 2.38. The molecular formula is C19H35N5O2. The van der Waals surface area contributed by atoms with E-state index in [2.05, 4.69) is 15.6 Å². The minimum absolute atomic E-state index is 0.0301. The third kappa shape index (κ3) is 5.35. The molecule has 0 aromatic carbocycles. The molecule has 0 atom stereocenters. The van der Waals surface area contributed by atoms with Crippen molar-refractivity contribution in [2.24, 2.45) is 10.4 Å². The Kier molecular flexibility index (Phi) is 7.29. The number of nitrogens with one attached hydrogen (secondary N) is 2. The summed E-state index contributed by atoms with van der Waals surface area (Å²) in [7, 11) is 7.12. The van der Waals surface area contributed by atoms with Crippen LogP contribution < -0.4 is 10.6 Å². The van der Waals surface area contributed by atoms with Crippen LogP contribution in [-0.4, -0.2) is 74.9 Å². The Labute approximate surface area is 157 Å². The number of nitrogens with zero attached hydrogens (tertiary/aromatic N) is 3. The van der Waals surface area contributed by atoms with Crippen LogP contribution >= 0.6 is 0 Å². The molecule has 0 aliphatic heterocycles. The molecule has 0 aromatic rings. The summed E-state index contributed by atoms with van der Waals surface area (Å²) in [6.07, 6.45) is 8.70. The number of carbonyl (C=O) groups excluding carboxylic acids is 2. The number of hydrogen-bond acceptors (Lipinski definition) is 3. The molecule has 148 valence electrons. The summed E-state index contributed by atoms with van der Waals surface area (Å²) >= 11 is 0. The predicted octanol–water partition coefficient (Wildman–Crippen LogP) is 1.20. The molecule has 2 aliphatic carbocycles. The lowest BCUT2D eigenvalue weighted by atomic mass is 9.84. The third-order valence-electron chi connectivity index (χ3n) is 5.58. The van der Waals surface area contributed by atoms with Gasteiger partial charge < -0.3 is 20.4 Å². The van der Waals surface area contributed by atoms with Gasteiger partial charge in [-0.1, -0.05) is 25.7 Å². The van der Waals surface area contributed by atoms with Gasteiger partial charge in [-0.15, -0.1) is 0 Å². The van der Waals surface area contributed by atoms with Gasteiger partial charge in [0.05, 0.1) is 5.41 Å². The number of carbonyl (C=O) groups is 2. The lowest BCUT2D eigenvalue weighted by Crippen LogP contribution is -2.50. The molecule has 2 N–H and O–H groups in total.